The number of hydrogen-bond donors (Lipinski definition) is 0. The fourth-order valence-corrected chi connectivity index (χ4v) is 4.39. The van der Waals surface area contributed by atoms with E-state index in [1.54, 1.807) is 18.5 Å². The van der Waals surface area contributed by atoms with Crippen molar-refractivity contribution < 1.29 is 9.53 Å². The van der Waals surface area contributed by atoms with Crippen LogP contribution >= 0.6 is 11.6 Å². The van der Waals surface area contributed by atoms with Crippen LogP contribution in [0.5, 0.6) is 5.88 Å². The number of aromatic nitrogens is 2. The number of carbonyl (C=O) groups is 1. The van der Waals surface area contributed by atoms with Gasteiger partial charge in [0.2, 0.25) is 5.88 Å². The maximum Gasteiger partial charge on any atom is 0.329 e. The molecule has 0 unspecified atom stereocenters. The van der Waals surface area contributed by atoms with E-state index >= 15 is 0 Å². The average molecular weight is 401 g/mol. The van der Waals surface area contributed by atoms with Gasteiger partial charge < -0.3 is 4.74 Å². The van der Waals surface area contributed by atoms with Gasteiger partial charge in [0.25, 0.3) is 0 Å². The van der Waals surface area contributed by atoms with Gasteiger partial charge in [0, 0.05) is 6.07 Å². The molecule has 2 aromatic rings. The molecule has 1 saturated carbocycles. The van der Waals surface area contributed by atoms with E-state index in [-0.39, 0.29) is 17.7 Å². The molecule has 1 aliphatic heterocycles. The van der Waals surface area contributed by atoms with Gasteiger partial charge in [-0.15, -0.1) is 0 Å². The second-order valence-electron chi connectivity index (χ2n) is 7.85. The molecule has 28 heavy (non-hydrogen) atoms. The first-order valence-electron chi connectivity index (χ1n) is 9.84. The first kappa shape index (κ1) is 19.0. The molecule has 1 spiro atoms. The number of carbonyl (C=O) groups excluding carboxylic acids is 1. The molecular formula is C21H25ClN4O2. The van der Waals surface area contributed by atoms with Gasteiger partial charge in [-0.2, -0.15) is 0 Å². The second-order valence-corrected chi connectivity index (χ2v) is 8.24. The largest absolute Gasteiger partial charge is 0.475 e. The monoisotopic (exact) mass is 400 g/mol. The van der Waals surface area contributed by atoms with Crippen LogP contribution in [0.4, 0.5) is 16.2 Å². The second kappa shape index (κ2) is 7.59. The number of pyridine rings is 2. The molecule has 3 heterocycles. The van der Waals surface area contributed by atoms with E-state index in [0.717, 1.165) is 37.1 Å². The van der Waals surface area contributed by atoms with E-state index in [4.69, 9.17) is 16.3 Å². The topological polar surface area (TPSA) is 58.6 Å². The van der Waals surface area contributed by atoms with Crippen molar-refractivity contribution in [2.75, 3.05) is 16.3 Å². The van der Waals surface area contributed by atoms with E-state index in [9.17, 15) is 4.79 Å². The standard InChI is InChI=1S/C21H25ClN4O2/c1-15(2)28-19-9-7-17(13-24-19)26-20(27)25(16-6-8-18(22)23-12-16)14-21(26)10-4-3-5-11-21/h6-9,12-13,15H,3-5,10-11,14H2,1-2H3. The predicted molar refractivity (Wildman–Crippen MR) is 110 cm³/mol. The number of urea groups is 1. The molecule has 0 N–H and O–H groups in total. The molecule has 0 atom stereocenters. The third-order valence-electron chi connectivity index (χ3n) is 5.49. The van der Waals surface area contributed by atoms with Crippen LogP contribution in [0.15, 0.2) is 36.7 Å². The summed E-state index contributed by atoms with van der Waals surface area (Å²) >= 11 is 5.93. The van der Waals surface area contributed by atoms with Gasteiger partial charge in [0.1, 0.15) is 5.15 Å². The zero-order valence-electron chi connectivity index (χ0n) is 16.3. The minimum absolute atomic E-state index is 0.0367. The van der Waals surface area contributed by atoms with Gasteiger partial charge in [-0.25, -0.2) is 14.8 Å². The molecule has 2 fully saturated rings. The van der Waals surface area contributed by atoms with Crippen LogP contribution in [0.3, 0.4) is 0 Å². The summed E-state index contributed by atoms with van der Waals surface area (Å²) in [5.74, 6) is 0.571. The molecule has 2 amide bonds. The van der Waals surface area contributed by atoms with Crippen molar-refractivity contribution in [3.05, 3.63) is 41.8 Å². The van der Waals surface area contributed by atoms with E-state index in [1.165, 1.54) is 6.42 Å². The van der Waals surface area contributed by atoms with Crippen molar-refractivity contribution >= 4 is 29.0 Å². The van der Waals surface area contributed by atoms with Gasteiger partial charge in [-0.3, -0.25) is 9.80 Å². The van der Waals surface area contributed by atoms with Crippen LogP contribution in [0.1, 0.15) is 46.0 Å². The molecule has 1 saturated heterocycles. The van der Waals surface area contributed by atoms with Gasteiger partial charge in [0.05, 0.1) is 42.0 Å². The number of anilines is 2. The Morgan fingerprint density at radius 2 is 1.75 bits per heavy atom. The lowest BCUT2D eigenvalue weighted by atomic mass is 9.81. The molecule has 2 aromatic heterocycles. The number of amides is 2. The summed E-state index contributed by atoms with van der Waals surface area (Å²) in [5.41, 5.74) is 1.37. The molecule has 0 bridgehead atoms. The van der Waals surface area contributed by atoms with Gasteiger partial charge in [-0.1, -0.05) is 30.9 Å². The number of hydrogen-bond acceptors (Lipinski definition) is 4. The summed E-state index contributed by atoms with van der Waals surface area (Å²) < 4.78 is 5.65. The Bertz CT molecular complexity index is 832. The van der Waals surface area contributed by atoms with Crippen LogP contribution < -0.4 is 14.5 Å². The Hall–Kier alpha value is -2.34. The highest BCUT2D eigenvalue weighted by Gasteiger charge is 2.51. The lowest BCUT2D eigenvalue weighted by molar-refractivity contribution is 0.232. The third kappa shape index (κ3) is 3.53. The molecule has 1 aliphatic carbocycles. The molecule has 6 nitrogen and oxygen atoms in total. The highest BCUT2D eigenvalue weighted by atomic mass is 35.5. The summed E-state index contributed by atoms with van der Waals surface area (Å²) in [4.78, 5) is 25.8. The predicted octanol–water partition coefficient (Wildman–Crippen LogP) is 5.07. The molecule has 2 aliphatic rings. The highest BCUT2D eigenvalue weighted by molar-refractivity contribution is 6.29. The van der Waals surface area contributed by atoms with Gasteiger partial charge in [0.15, 0.2) is 0 Å². The fourth-order valence-electron chi connectivity index (χ4n) is 4.28. The van der Waals surface area contributed by atoms with Crippen molar-refractivity contribution in [3.8, 4) is 5.88 Å². The Kier molecular flexibility index (Phi) is 5.15. The highest BCUT2D eigenvalue weighted by Crippen LogP contribution is 2.43. The normalized spacial score (nSPS) is 18.9. The Labute approximate surface area is 170 Å². The SMILES string of the molecule is CC(C)Oc1ccc(N2C(=O)N(c3ccc(Cl)nc3)CC23CCCCC3)cn1. The van der Waals surface area contributed by atoms with Crippen LogP contribution in [-0.2, 0) is 0 Å². The summed E-state index contributed by atoms with van der Waals surface area (Å²) in [6, 6.07) is 7.31. The summed E-state index contributed by atoms with van der Waals surface area (Å²) in [7, 11) is 0. The van der Waals surface area contributed by atoms with Crippen molar-refractivity contribution in [2.45, 2.75) is 57.6 Å². The molecule has 7 heteroatoms. The Morgan fingerprint density at radius 1 is 1.04 bits per heavy atom. The summed E-state index contributed by atoms with van der Waals surface area (Å²) in [5, 5.41) is 0.421. The van der Waals surface area contributed by atoms with Gasteiger partial charge >= 0.3 is 6.03 Å². The molecule has 148 valence electrons. The number of ether oxygens (including phenoxy) is 1. The first-order valence-corrected chi connectivity index (χ1v) is 10.2. The van der Waals surface area contributed by atoms with Crippen molar-refractivity contribution in [2.24, 2.45) is 0 Å². The van der Waals surface area contributed by atoms with Crippen LogP contribution in [0, 0.1) is 0 Å². The lowest BCUT2D eigenvalue weighted by Crippen LogP contribution is -2.48. The van der Waals surface area contributed by atoms with Crippen LogP contribution in [0.25, 0.3) is 0 Å². The smallest absolute Gasteiger partial charge is 0.329 e. The number of rotatable bonds is 4. The van der Waals surface area contributed by atoms with Gasteiger partial charge in [-0.05, 0) is 44.9 Å². The maximum atomic E-state index is 13.5. The minimum Gasteiger partial charge on any atom is -0.475 e. The van der Waals surface area contributed by atoms with E-state index in [2.05, 4.69) is 9.97 Å². The zero-order chi connectivity index (χ0) is 19.7. The molecular weight excluding hydrogens is 376 g/mol. The van der Waals surface area contributed by atoms with E-state index in [0.29, 0.717) is 17.6 Å². The minimum atomic E-state index is -0.211. The molecule has 0 radical (unpaired) electrons. The number of nitrogens with zero attached hydrogens (tertiary/aromatic N) is 4. The average Bonchev–Trinajstić information content (AvgIpc) is 2.95. The molecule has 0 aromatic carbocycles. The fraction of sp³-hybridized carbons (Fsp3) is 0.476. The van der Waals surface area contributed by atoms with Crippen molar-refractivity contribution in [1.29, 1.82) is 0 Å². The quantitative estimate of drug-likeness (QED) is 0.672. The lowest BCUT2D eigenvalue weighted by Gasteiger charge is -2.39. The molecule has 4 rings (SSSR count). The van der Waals surface area contributed by atoms with Crippen LogP contribution in [-0.4, -0.2) is 34.2 Å². The van der Waals surface area contributed by atoms with E-state index < -0.39 is 0 Å². The first-order chi connectivity index (χ1) is 13.5. The summed E-state index contributed by atoms with van der Waals surface area (Å²) in [6.07, 6.45) is 8.90. The third-order valence-corrected chi connectivity index (χ3v) is 5.72. The van der Waals surface area contributed by atoms with E-state index in [1.807, 2.05) is 41.8 Å². The Morgan fingerprint density at radius 3 is 2.36 bits per heavy atom. The van der Waals surface area contributed by atoms with Crippen molar-refractivity contribution in [3.63, 3.8) is 0 Å². The maximum absolute atomic E-state index is 13.5. The summed E-state index contributed by atoms with van der Waals surface area (Å²) in [6.45, 7) is 4.59. The zero-order valence-corrected chi connectivity index (χ0v) is 17.0. The Balaban J connectivity index is 1.68. The van der Waals surface area contributed by atoms with Crippen molar-refractivity contribution in [1.82, 2.24) is 9.97 Å². The number of halogens is 1. The van der Waals surface area contributed by atoms with Crippen LogP contribution in [0.2, 0.25) is 5.15 Å².